The van der Waals surface area contributed by atoms with Gasteiger partial charge in [-0.05, 0) is 48.9 Å². The van der Waals surface area contributed by atoms with E-state index in [0.29, 0.717) is 39.1 Å². The predicted molar refractivity (Wildman–Crippen MR) is 135 cm³/mol. The highest BCUT2D eigenvalue weighted by Crippen LogP contribution is 2.38. The molecule has 4 aromatic rings. The molecule has 1 aliphatic rings. The average Bonchev–Trinajstić information content (AvgIpc) is 3.27. The lowest BCUT2D eigenvalue weighted by Crippen LogP contribution is -2.31. The topological polar surface area (TPSA) is 102 Å². The summed E-state index contributed by atoms with van der Waals surface area (Å²) in [6.07, 6.45) is 0. The van der Waals surface area contributed by atoms with Crippen molar-refractivity contribution in [3.8, 4) is 11.3 Å². The Labute approximate surface area is 206 Å². The van der Waals surface area contributed by atoms with E-state index in [2.05, 4.69) is 10.6 Å². The van der Waals surface area contributed by atoms with Gasteiger partial charge in [-0.15, -0.1) is 0 Å². The maximum atomic E-state index is 13.5. The molecule has 0 saturated heterocycles. The number of rotatable bonds is 5. The number of nitrogens with one attached hydrogen (secondary N) is 2. The molecule has 8 nitrogen and oxygen atoms in total. The maximum Gasteiger partial charge on any atom is 0.269 e. The number of halogens is 1. The fraction of sp³-hybridized carbons (Fsp3) is 0.0769. The number of fused-ring (bicyclic) bond motifs is 1. The number of hydrogen-bond donors (Lipinski definition) is 2. The van der Waals surface area contributed by atoms with E-state index in [1.807, 2.05) is 55.5 Å². The molecule has 0 fully saturated rings. The number of aromatic nitrogens is 2. The van der Waals surface area contributed by atoms with Crippen LogP contribution in [0.5, 0.6) is 0 Å². The van der Waals surface area contributed by atoms with Crippen molar-refractivity contribution >= 4 is 34.7 Å². The summed E-state index contributed by atoms with van der Waals surface area (Å²) in [6, 6.07) is 24.0. The minimum atomic E-state index is -0.600. The Morgan fingerprint density at radius 3 is 2.40 bits per heavy atom. The fourth-order valence-electron chi connectivity index (χ4n) is 4.13. The third kappa shape index (κ3) is 4.39. The summed E-state index contributed by atoms with van der Waals surface area (Å²) >= 11 is 6.04. The normalized spacial score (nSPS) is 14.7. The predicted octanol–water partition coefficient (Wildman–Crippen LogP) is 6.04. The van der Waals surface area contributed by atoms with Crippen LogP contribution in [0.3, 0.4) is 0 Å². The lowest BCUT2D eigenvalue weighted by Gasteiger charge is -2.29. The Kier molecular flexibility index (Phi) is 5.80. The van der Waals surface area contributed by atoms with E-state index in [1.54, 1.807) is 28.9 Å². The monoisotopic (exact) mass is 485 g/mol. The minimum Gasteiger partial charge on any atom is -0.344 e. The molecule has 3 aromatic carbocycles. The van der Waals surface area contributed by atoms with Crippen LogP contribution in [0.4, 0.5) is 17.2 Å². The van der Waals surface area contributed by atoms with E-state index in [0.717, 1.165) is 5.56 Å². The Hall–Kier alpha value is -4.43. The van der Waals surface area contributed by atoms with Crippen LogP contribution in [-0.4, -0.2) is 20.6 Å². The van der Waals surface area contributed by atoms with Crippen LogP contribution in [0.1, 0.15) is 18.5 Å². The summed E-state index contributed by atoms with van der Waals surface area (Å²) in [5.74, 6) is 0.408. The smallest absolute Gasteiger partial charge is 0.269 e. The van der Waals surface area contributed by atoms with Crippen molar-refractivity contribution in [2.24, 2.45) is 0 Å². The summed E-state index contributed by atoms with van der Waals surface area (Å²) in [4.78, 5) is 24.2. The molecule has 0 aliphatic carbocycles. The zero-order valence-electron chi connectivity index (χ0n) is 18.6. The number of nitrogens with zero attached hydrogens (tertiary/aromatic N) is 3. The first kappa shape index (κ1) is 22.4. The van der Waals surface area contributed by atoms with Crippen molar-refractivity contribution in [1.29, 1.82) is 0 Å². The molecule has 35 heavy (non-hydrogen) atoms. The maximum absolute atomic E-state index is 13.5. The quantitative estimate of drug-likeness (QED) is 0.265. The second kappa shape index (κ2) is 9.08. The number of non-ortho nitro benzene ring substituents is 1. The molecule has 0 spiro atoms. The second-order valence-corrected chi connectivity index (χ2v) is 8.54. The molecule has 0 unspecified atom stereocenters. The number of benzene rings is 3. The highest BCUT2D eigenvalue weighted by molar-refractivity contribution is 6.30. The Bertz CT molecular complexity index is 1440. The molecule has 5 rings (SSSR count). The molecule has 174 valence electrons. The zero-order valence-corrected chi connectivity index (χ0v) is 19.4. The Morgan fingerprint density at radius 1 is 1.06 bits per heavy atom. The molecule has 2 N–H and O–H groups in total. The Morgan fingerprint density at radius 2 is 1.74 bits per heavy atom. The van der Waals surface area contributed by atoms with Crippen LogP contribution < -0.4 is 10.6 Å². The third-order valence-corrected chi connectivity index (χ3v) is 6.06. The second-order valence-electron chi connectivity index (χ2n) is 8.10. The van der Waals surface area contributed by atoms with Crippen molar-refractivity contribution in [1.82, 2.24) is 9.78 Å². The largest absolute Gasteiger partial charge is 0.344 e. The van der Waals surface area contributed by atoms with Gasteiger partial charge in [-0.3, -0.25) is 14.9 Å². The lowest BCUT2D eigenvalue weighted by molar-refractivity contribution is -0.384. The van der Waals surface area contributed by atoms with Crippen molar-refractivity contribution in [3.63, 3.8) is 0 Å². The minimum absolute atomic E-state index is 0.0267. The molecule has 2 heterocycles. The van der Waals surface area contributed by atoms with E-state index in [-0.39, 0.29) is 11.6 Å². The lowest BCUT2D eigenvalue weighted by atomic mass is 9.94. The number of nitro groups is 1. The van der Waals surface area contributed by atoms with E-state index >= 15 is 0 Å². The van der Waals surface area contributed by atoms with Gasteiger partial charge in [-0.1, -0.05) is 41.9 Å². The first-order valence-corrected chi connectivity index (χ1v) is 11.2. The highest BCUT2D eigenvalue weighted by Gasteiger charge is 2.34. The van der Waals surface area contributed by atoms with E-state index in [1.165, 1.54) is 12.1 Å². The standard InChI is InChI=1S/C26H20ClN5O3/c1-16-24(26(33)29-20-5-3-2-4-6-20)25(18-9-13-21(14-10-18)32(34)35)31-23(28-16)15-22(30-31)17-7-11-19(27)12-8-17/h2-15,25,28H,1H3,(H,29,33)/t25-/m0/s1. The van der Waals surface area contributed by atoms with Gasteiger partial charge in [0.25, 0.3) is 11.6 Å². The van der Waals surface area contributed by atoms with E-state index in [4.69, 9.17) is 16.7 Å². The van der Waals surface area contributed by atoms with Crippen LogP contribution in [0.15, 0.2) is 96.2 Å². The number of carbonyl (C=O) groups excluding carboxylic acids is 1. The number of nitro benzene ring substituents is 1. The average molecular weight is 486 g/mol. The summed E-state index contributed by atoms with van der Waals surface area (Å²) in [5, 5.41) is 22.9. The molecule has 1 atom stereocenters. The molecule has 0 bridgehead atoms. The zero-order chi connectivity index (χ0) is 24.5. The van der Waals surface area contributed by atoms with Crippen molar-refractivity contribution < 1.29 is 9.72 Å². The summed E-state index contributed by atoms with van der Waals surface area (Å²) in [6.45, 7) is 1.83. The van der Waals surface area contributed by atoms with Crippen LogP contribution in [0, 0.1) is 10.1 Å². The summed E-state index contributed by atoms with van der Waals surface area (Å²) < 4.78 is 1.73. The van der Waals surface area contributed by atoms with Crippen molar-refractivity contribution in [2.45, 2.75) is 13.0 Å². The molecule has 0 radical (unpaired) electrons. The van der Waals surface area contributed by atoms with Gasteiger partial charge >= 0.3 is 0 Å². The van der Waals surface area contributed by atoms with Gasteiger partial charge in [-0.2, -0.15) is 5.10 Å². The van der Waals surface area contributed by atoms with Gasteiger partial charge in [0.15, 0.2) is 0 Å². The van der Waals surface area contributed by atoms with Gasteiger partial charge in [0.1, 0.15) is 11.9 Å². The molecular formula is C26H20ClN5O3. The molecular weight excluding hydrogens is 466 g/mol. The number of para-hydroxylation sites is 1. The van der Waals surface area contributed by atoms with Gasteiger partial charge in [0.2, 0.25) is 0 Å². The third-order valence-electron chi connectivity index (χ3n) is 5.81. The fourth-order valence-corrected chi connectivity index (χ4v) is 4.26. The number of carbonyl (C=O) groups is 1. The molecule has 1 aromatic heterocycles. The highest BCUT2D eigenvalue weighted by atomic mass is 35.5. The van der Waals surface area contributed by atoms with Gasteiger partial charge in [0, 0.05) is 40.2 Å². The first-order chi connectivity index (χ1) is 16.9. The summed E-state index contributed by atoms with van der Waals surface area (Å²) in [7, 11) is 0. The first-order valence-electron chi connectivity index (χ1n) is 10.8. The van der Waals surface area contributed by atoms with Gasteiger partial charge in [0.05, 0.1) is 16.2 Å². The SMILES string of the molecule is CC1=C(C(=O)Nc2ccccc2)[C@H](c2ccc([N+](=O)[O-])cc2)n2nc(-c3ccc(Cl)cc3)cc2N1. The van der Waals surface area contributed by atoms with Crippen LogP contribution >= 0.6 is 11.6 Å². The molecule has 1 aliphatic heterocycles. The number of amides is 1. The number of hydrogen-bond acceptors (Lipinski definition) is 5. The number of allylic oxidation sites excluding steroid dienone is 1. The van der Waals surface area contributed by atoms with Gasteiger partial charge < -0.3 is 10.6 Å². The molecule has 0 saturated carbocycles. The van der Waals surface area contributed by atoms with Crippen molar-refractivity contribution in [2.75, 3.05) is 10.6 Å². The van der Waals surface area contributed by atoms with Crippen LogP contribution in [-0.2, 0) is 4.79 Å². The summed E-state index contributed by atoms with van der Waals surface area (Å²) in [5.41, 5.74) is 4.02. The Balaban J connectivity index is 1.60. The molecule has 9 heteroatoms. The van der Waals surface area contributed by atoms with Crippen LogP contribution in [0.2, 0.25) is 5.02 Å². The van der Waals surface area contributed by atoms with Crippen LogP contribution in [0.25, 0.3) is 11.3 Å². The van der Waals surface area contributed by atoms with Crippen molar-refractivity contribution in [3.05, 3.63) is 117 Å². The molecule has 1 amide bonds. The van der Waals surface area contributed by atoms with E-state index in [9.17, 15) is 14.9 Å². The van der Waals surface area contributed by atoms with E-state index < -0.39 is 11.0 Å². The number of anilines is 2. The van der Waals surface area contributed by atoms with Gasteiger partial charge in [-0.25, -0.2) is 4.68 Å².